The number of anilines is 1. The molecule has 0 aromatic carbocycles. The van der Waals surface area contributed by atoms with E-state index in [-0.39, 0.29) is 0 Å². The Balaban J connectivity index is 1.63. The van der Waals surface area contributed by atoms with Crippen molar-refractivity contribution in [1.29, 1.82) is 0 Å². The highest BCUT2D eigenvalue weighted by Crippen LogP contribution is 2.49. The van der Waals surface area contributed by atoms with Crippen LogP contribution < -0.4 is 5.32 Å². The second kappa shape index (κ2) is 4.71. The molecule has 2 bridgehead atoms. The molecule has 4 heteroatoms. The molecule has 4 atom stereocenters. The van der Waals surface area contributed by atoms with E-state index in [2.05, 4.69) is 44.8 Å². The summed E-state index contributed by atoms with van der Waals surface area (Å²) < 4.78 is 1.08. The number of hydrogen-bond acceptors (Lipinski definition) is 3. The highest BCUT2D eigenvalue weighted by atomic mass is 127. The first-order valence-corrected chi connectivity index (χ1v) is 7.54. The van der Waals surface area contributed by atoms with E-state index in [1.54, 1.807) is 0 Å². The Labute approximate surface area is 116 Å². The van der Waals surface area contributed by atoms with Gasteiger partial charge in [0.2, 0.25) is 5.95 Å². The molecule has 92 valence electrons. The number of hydrogen-bond donors (Lipinski definition) is 1. The lowest BCUT2D eigenvalue weighted by atomic mass is 9.84. The highest BCUT2D eigenvalue weighted by molar-refractivity contribution is 14.1. The SMILES string of the molecule is CC(Nc1ncc(I)cn1)C1CC2CCC1C2. The quantitative estimate of drug-likeness (QED) is 0.856. The van der Waals surface area contributed by atoms with Crippen LogP contribution in [0.25, 0.3) is 0 Å². The summed E-state index contributed by atoms with van der Waals surface area (Å²) in [4.78, 5) is 8.64. The fourth-order valence-electron chi connectivity index (χ4n) is 3.60. The average Bonchev–Trinajstić information content (AvgIpc) is 2.94. The predicted molar refractivity (Wildman–Crippen MR) is 76.8 cm³/mol. The van der Waals surface area contributed by atoms with E-state index < -0.39 is 0 Å². The molecule has 0 amide bonds. The Morgan fingerprint density at radius 2 is 2.06 bits per heavy atom. The molecular formula is C13H18IN3. The number of rotatable bonds is 3. The molecule has 0 aliphatic heterocycles. The number of fused-ring (bicyclic) bond motifs is 2. The van der Waals surface area contributed by atoms with Crippen LogP contribution in [0, 0.1) is 21.3 Å². The highest BCUT2D eigenvalue weighted by Gasteiger charge is 2.41. The van der Waals surface area contributed by atoms with E-state index in [0.717, 1.165) is 27.3 Å². The third-order valence-corrected chi connectivity index (χ3v) is 4.97. The van der Waals surface area contributed by atoms with Gasteiger partial charge in [-0.05, 0) is 66.5 Å². The third kappa shape index (κ3) is 2.41. The van der Waals surface area contributed by atoms with E-state index >= 15 is 0 Å². The molecule has 1 aromatic heterocycles. The molecule has 1 N–H and O–H groups in total. The maximum absolute atomic E-state index is 4.32. The van der Waals surface area contributed by atoms with E-state index in [0.29, 0.717) is 6.04 Å². The molecule has 17 heavy (non-hydrogen) atoms. The first-order chi connectivity index (χ1) is 8.22. The maximum Gasteiger partial charge on any atom is 0.222 e. The summed E-state index contributed by atoms with van der Waals surface area (Å²) in [5.41, 5.74) is 0. The van der Waals surface area contributed by atoms with Crippen LogP contribution in [0.15, 0.2) is 12.4 Å². The minimum atomic E-state index is 0.505. The summed E-state index contributed by atoms with van der Waals surface area (Å²) in [6, 6.07) is 0.505. The van der Waals surface area contributed by atoms with Crippen molar-refractivity contribution >= 4 is 28.5 Å². The van der Waals surface area contributed by atoms with Crippen molar-refractivity contribution < 1.29 is 0 Å². The van der Waals surface area contributed by atoms with Crippen molar-refractivity contribution in [1.82, 2.24) is 9.97 Å². The van der Waals surface area contributed by atoms with Gasteiger partial charge in [-0.2, -0.15) is 0 Å². The van der Waals surface area contributed by atoms with Crippen LogP contribution in [-0.2, 0) is 0 Å². The Morgan fingerprint density at radius 3 is 2.65 bits per heavy atom. The van der Waals surface area contributed by atoms with Crippen molar-refractivity contribution in [3.8, 4) is 0 Å². The topological polar surface area (TPSA) is 37.8 Å². The minimum Gasteiger partial charge on any atom is -0.351 e. The standard InChI is InChI=1S/C13H18IN3/c1-8(12-5-9-2-3-10(12)4-9)17-13-15-6-11(14)7-16-13/h6-10,12H,2-5H2,1H3,(H,15,16,17). The summed E-state index contributed by atoms with van der Waals surface area (Å²) in [5, 5.41) is 3.47. The molecule has 2 aliphatic rings. The zero-order chi connectivity index (χ0) is 11.8. The zero-order valence-corrected chi connectivity index (χ0v) is 12.2. The van der Waals surface area contributed by atoms with Crippen molar-refractivity contribution in [3.05, 3.63) is 16.0 Å². The first kappa shape index (κ1) is 11.7. The second-order valence-corrected chi connectivity index (χ2v) is 6.74. The largest absolute Gasteiger partial charge is 0.351 e. The van der Waals surface area contributed by atoms with Crippen LogP contribution in [0.5, 0.6) is 0 Å². The molecule has 0 saturated heterocycles. The second-order valence-electron chi connectivity index (χ2n) is 5.50. The summed E-state index contributed by atoms with van der Waals surface area (Å²) in [6.45, 7) is 2.28. The van der Waals surface area contributed by atoms with E-state index in [1.807, 2.05) is 12.4 Å². The van der Waals surface area contributed by atoms with E-state index in [1.165, 1.54) is 25.7 Å². The Kier molecular flexibility index (Phi) is 3.23. The fraction of sp³-hybridized carbons (Fsp3) is 0.692. The van der Waals surface area contributed by atoms with Gasteiger partial charge >= 0.3 is 0 Å². The first-order valence-electron chi connectivity index (χ1n) is 6.46. The molecule has 1 aromatic rings. The van der Waals surface area contributed by atoms with E-state index in [9.17, 15) is 0 Å². The smallest absolute Gasteiger partial charge is 0.222 e. The lowest BCUT2D eigenvalue weighted by Gasteiger charge is -2.28. The summed E-state index contributed by atoms with van der Waals surface area (Å²) in [5.74, 6) is 3.57. The third-order valence-electron chi connectivity index (χ3n) is 4.41. The Hall–Kier alpha value is -0.390. The number of halogens is 1. The summed E-state index contributed by atoms with van der Waals surface area (Å²) in [7, 11) is 0. The molecular weight excluding hydrogens is 325 g/mol. The Bertz CT molecular complexity index is 392. The average molecular weight is 343 g/mol. The van der Waals surface area contributed by atoms with Gasteiger partial charge < -0.3 is 5.32 Å². The van der Waals surface area contributed by atoms with Gasteiger partial charge in [0.25, 0.3) is 0 Å². The normalized spacial score (nSPS) is 32.7. The van der Waals surface area contributed by atoms with Gasteiger partial charge in [-0.1, -0.05) is 6.42 Å². The van der Waals surface area contributed by atoms with Crippen LogP contribution >= 0.6 is 22.6 Å². The van der Waals surface area contributed by atoms with Gasteiger partial charge in [0.15, 0.2) is 0 Å². The molecule has 2 saturated carbocycles. The zero-order valence-electron chi connectivity index (χ0n) is 10.1. The van der Waals surface area contributed by atoms with Gasteiger partial charge in [0, 0.05) is 22.0 Å². The summed E-state index contributed by atoms with van der Waals surface area (Å²) in [6.07, 6.45) is 9.50. The van der Waals surface area contributed by atoms with Gasteiger partial charge in [-0.3, -0.25) is 0 Å². The predicted octanol–water partition coefficient (Wildman–Crippen LogP) is 3.32. The van der Waals surface area contributed by atoms with E-state index in [4.69, 9.17) is 0 Å². The number of nitrogens with zero attached hydrogens (tertiary/aromatic N) is 2. The van der Waals surface area contributed by atoms with Crippen molar-refractivity contribution in [2.75, 3.05) is 5.32 Å². The van der Waals surface area contributed by atoms with Crippen LogP contribution in [0.4, 0.5) is 5.95 Å². The van der Waals surface area contributed by atoms with Crippen LogP contribution in [0.1, 0.15) is 32.6 Å². The molecule has 0 radical (unpaired) electrons. The maximum atomic E-state index is 4.32. The van der Waals surface area contributed by atoms with Gasteiger partial charge in [-0.15, -0.1) is 0 Å². The van der Waals surface area contributed by atoms with Gasteiger partial charge in [0.1, 0.15) is 0 Å². The van der Waals surface area contributed by atoms with Crippen molar-refractivity contribution in [2.24, 2.45) is 17.8 Å². The lowest BCUT2D eigenvalue weighted by molar-refractivity contribution is 0.303. The molecule has 0 spiro atoms. The molecule has 1 heterocycles. The summed E-state index contributed by atoms with van der Waals surface area (Å²) >= 11 is 2.23. The van der Waals surface area contributed by atoms with Crippen LogP contribution in [0.3, 0.4) is 0 Å². The monoisotopic (exact) mass is 343 g/mol. The van der Waals surface area contributed by atoms with Crippen molar-refractivity contribution in [3.63, 3.8) is 0 Å². The van der Waals surface area contributed by atoms with Crippen LogP contribution in [0.2, 0.25) is 0 Å². The fourth-order valence-corrected chi connectivity index (χ4v) is 3.88. The number of aromatic nitrogens is 2. The van der Waals surface area contributed by atoms with Gasteiger partial charge in [-0.25, -0.2) is 9.97 Å². The molecule has 2 fully saturated rings. The number of nitrogens with one attached hydrogen (secondary N) is 1. The molecule has 2 aliphatic carbocycles. The Morgan fingerprint density at radius 1 is 1.29 bits per heavy atom. The van der Waals surface area contributed by atoms with Crippen molar-refractivity contribution in [2.45, 2.75) is 38.6 Å². The molecule has 4 unspecified atom stereocenters. The van der Waals surface area contributed by atoms with Gasteiger partial charge in [0.05, 0.1) is 0 Å². The lowest BCUT2D eigenvalue weighted by Crippen LogP contribution is -2.30. The molecule has 3 nitrogen and oxygen atoms in total. The molecule has 3 rings (SSSR count). The van der Waals surface area contributed by atoms with Crippen LogP contribution in [-0.4, -0.2) is 16.0 Å². The minimum absolute atomic E-state index is 0.505.